The van der Waals surface area contributed by atoms with Crippen molar-refractivity contribution in [1.82, 2.24) is 10.3 Å². The van der Waals surface area contributed by atoms with E-state index in [2.05, 4.69) is 28.3 Å². The Labute approximate surface area is 161 Å². The third-order valence-electron chi connectivity index (χ3n) is 4.01. The summed E-state index contributed by atoms with van der Waals surface area (Å²) >= 11 is 4.21. The first kappa shape index (κ1) is 19.1. The first-order valence-electron chi connectivity index (χ1n) is 7.63. The van der Waals surface area contributed by atoms with Gasteiger partial charge in [-0.1, -0.05) is 6.92 Å². The smallest absolute Gasteiger partial charge is 0.371 e. The molecule has 0 aliphatic heterocycles. The van der Waals surface area contributed by atoms with Crippen LogP contribution >= 0.6 is 27.3 Å². The number of carboxylic acid groups (broad SMARTS) is 1. The number of carboxylic acids is 1. The Kier molecular flexibility index (Phi) is 5.24. The molecule has 1 aliphatic rings. The van der Waals surface area contributed by atoms with Gasteiger partial charge in [0, 0.05) is 10.9 Å². The van der Waals surface area contributed by atoms with Gasteiger partial charge in [0.15, 0.2) is 4.67 Å². The third-order valence-corrected chi connectivity index (χ3v) is 7.35. The van der Waals surface area contributed by atoms with Crippen LogP contribution in [0.2, 0.25) is 0 Å². The standard InChI is InChI=1S/C15H15BrN2O6S2/c1-7-2-3-10-8(4-7)5-11(25-10)14(19)17-18-26(22,23)12-6-9(15(20)21)24-13(12)16/h5-7,18H,2-4H2,1H3,(H,17,19)(H,20,21)/t7-/m0/s1. The molecule has 140 valence electrons. The van der Waals surface area contributed by atoms with Crippen molar-refractivity contribution in [2.75, 3.05) is 0 Å². The number of hydrogen-bond acceptors (Lipinski definition) is 6. The Morgan fingerprint density at radius 3 is 2.77 bits per heavy atom. The van der Waals surface area contributed by atoms with E-state index in [0.29, 0.717) is 10.8 Å². The van der Waals surface area contributed by atoms with Crippen molar-refractivity contribution in [1.29, 1.82) is 0 Å². The van der Waals surface area contributed by atoms with Gasteiger partial charge in [-0.25, -0.2) is 13.2 Å². The molecular weight excluding hydrogens is 448 g/mol. The van der Waals surface area contributed by atoms with E-state index in [1.807, 2.05) is 4.83 Å². The first-order chi connectivity index (χ1) is 12.2. The molecule has 11 heteroatoms. The second-order valence-electron chi connectivity index (χ2n) is 6.02. The SMILES string of the molecule is C[C@H]1CCc2sc(C(=O)NNS(=O)(=O)c3cc(C(=O)O)oc3Br)cc2C1. The Bertz CT molecular complexity index is 978. The molecule has 3 rings (SSSR count). The molecule has 26 heavy (non-hydrogen) atoms. The number of nitrogens with one attached hydrogen (secondary N) is 2. The van der Waals surface area contributed by atoms with Crippen LogP contribution in [0.25, 0.3) is 0 Å². The summed E-state index contributed by atoms with van der Waals surface area (Å²) in [6, 6.07) is 2.64. The van der Waals surface area contributed by atoms with Crippen LogP contribution in [-0.4, -0.2) is 25.4 Å². The molecule has 1 aliphatic carbocycles. The van der Waals surface area contributed by atoms with Gasteiger partial charge in [0.05, 0.1) is 4.88 Å². The molecule has 0 aromatic carbocycles. The number of hydrogen-bond donors (Lipinski definition) is 3. The lowest BCUT2D eigenvalue weighted by atomic mass is 9.90. The summed E-state index contributed by atoms with van der Waals surface area (Å²) in [5, 5.41) is 8.86. The fourth-order valence-electron chi connectivity index (χ4n) is 2.69. The molecule has 0 unspecified atom stereocenters. The Hall–Kier alpha value is -1.69. The van der Waals surface area contributed by atoms with Crippen LogP contribution in [0.4, 0.5) is 0 Å². The highest BCUT2D eigenvalue weighted by Crippen LogP contribution is 2.32. The fourth-order valence-corrected chi connectivity index (χ4v) is 5.57. The van der Waals surface area contributed by atoms with Gasteiger partial charge in [-0.2, -0.15) is 0 Å². The van der Waals surface area contributed by atoms with E-state index in [1.165, 1.54) is 11.3 Å². The maximum Gasteiger partial charge on any atom is 0.371 e. The van der Waals surface area contributed by atoms with Crippen molar-refractivity contribution in [2.45, 2.75) is 31.1 Å². The van der Waals surface area contributed by atoms with Gasteiger partial charge in [-0.05, 0) is 52.7 Å². The number of amides is 1. The lowest BCUT2D eigenvalue weighted by Gasteiger charge is -2.16. The van der Waals surface area contributed by atoms with Crippen LogP contribution < -0.4 is 10.3 Å². The normalized spacial score (nSPS) is 16.9. The first-order valence-corrected chi connectivity index (χ1v) is 10.7. The number of thiophene rings is 1. The van der Waals surface area contributed by atoms with Gasteiger partial charge in [0.2, 0.25) is 5.76 Å². The predicted octanol–water partition coefficient (Wildman–Crippen LogP) is 2.55. The summed E-state index contributed by atoms with van der Waals surface area (Å²) in [6.45, 7) is 2.16. The maximum absolute atomic E-state index is 12.3. The molecule has 1 atom stereocenters. The highest BCUT2D eigenvalue weighted by atomic mass is 79.9. The van der Waals surface area contributed by atoms with Gasteiger partial charge in [0.1, 0.15) is 4.90 Å². The van der Waals surface area contributed by atoms with Crippen LogP contribution in [0.15, 0.2) is 26.1 Å². The lowest BCUT2D eigenvalue weighted by Crippen LogP contribution is -2.41. The molecule has 0 spiro atoms. The van der Waals surface area contributed by atoms with Crippen molar-refractivity contribution < 1.29 is 27.5 Å². The zero-order chi connectivity index (χ0) is 19.1. The molecule has 3 N–H and O–H groups in total. The van der Waals surface area contributed by atoms with Gasteiger partial charge in [-0.15, -0.1) is 16.2 Å². The molecule has 8 nitrogen and oxygen atoms in total. The Morgan fingerprint density at radius 2 is 2.12 bits per heavy atom. The van der Waals surface area contributed by atoms with E-state index in [0.717, 1.165) is 35.8 Å². The molecule has 2 aromatic rings. The quantitative estimate of drug-likeness (QED) is 0.586. The fraction of sp³-hybridized carbons (Fsp3) is 0.333. The monoisotopic (exact) mass is 462 g/mol. The highest BCUT2D eigenvalue weighted by molar-refractivity contribution is 9.10. The summed E-state index contributed by atoms with van der Waals surface area (Å²) < 4.78 is 29.1. The topological polar surface area (TPSA) is 126 Å². The summed E-state index contributed by atoms with van der Waals surface area (Å²) in [6.07, 6.45) is 2.90. The van der Waals surface area contributed by atoms with Crippen LogP contribution in [0.1, 0.15) is 44.0 Å². The van der Waals surface area contributed by atoms with Gasteiger partial charge >= 0.3 is 5.97 Å². The largest absolute Gasteiger partial charge is 0.475 e. The minimum absolute atomic E-state index is 0.266. The molecule has 0 saturated heterocycles. The summed E-state index contributed by atoms with van der Waals surface area (Å²) in [5.74, 6) is -1.95. The van der Waals surface area contributed by atoms with Crippen molar-refractivity contribution in [3.63, 3.8) is 0 Å². The van der Waals surface area contributed by atoms with E-state index in [4.69, 9.17) is 9.52 Å². The van der Waals surface area contributed by atoms with Crippen LogP contribution in [-0.2, 0) is 22.9 Å². The minimum atomic E-state index is -4.20. The molecule has 0 fully saturated rings. The number of carbonyl (C=O) groups is 2. The second-order valence-corrected chi connectivity index (χ2v) is 9.53. The number of aryl methyl sites for hydroxylation is 1. The molecule has 2 heterocycles. The number of rotatable bonds is 5. The zero-order valence-electron chi connectivity index (χ0n) is 13.5. The summed E-state index contributed by atoms with van der Waals surface area (Å²) in [4.78, 5) is 26.2. The number of carbonyl (C=O) groups excluding carboxylic acids is 1. The predicted molar refractivity (Wildman–Crippen MR) is 96.7 cm³/mol. The molecule has 0 bridgehead atoms. The highest BCUT2D eigenvalue weighted by Gasteiger charge is 2.26. The van der Waals surface area contributed by atoms with Crippen LogP contribution in [0.3, 0.4) is 0 Å². The van der Waals surface area contributed by atoms with Crippen LogP contribution in [0, 0.1) is 5.92 Å². The van der Waals surface area contributed by atoms with E-state index in [1.54, 1.807) is 6.07 Å². The lowest BCUT2D eigenvalue weighted by molar-refractivity contribution is 0.0660. The van der Waals surface area contributed by atoms with E-state index in [9.17, 15) is 18.0 Å². The van der Waals surface area contributed by atoms with Crippen molar-refractivity contribution in [3.05, 3.63) is 37.9 Å². The van der Waals surface area contributed by atoms with E-state index in [-0.39, 0.29) is 4.67 Å². The number of fused-ring (bicyclic) bond motifs is 1. The van der Waals surface area contributed by atoms with Crippen LogP contribution in [0.5, 0.6) is 0 Å². The van der Waals surface area contributed by atoms with Crippen molar-refractivity contribution in [2.24, 2.45) is 5.92 Å². The van der Waals surface area contributed by atoms with Gasteiger partial charge in [0.25, 0.3) is 15.9 Å². The number of halogens is 1. The van der Waals surface area contributed by atoms with Crippen molar-refractivity contribution in [3.8, 4) is 0 Å². The second kappa shape index (κ2) is 7.14. The van der Waals surface area contributed by atoms with Gasteiger partial charge < -0.3 is 9.52 Å². The number of aromatic carboxylic acids is 1. The Balaban J connectivity index is 1.72. The molecule has 2 aromatic heterocycles. The number of hydrazine groups is 1. The van der Waals surface area contributed by atoms with E-state index >= 15 is 0 Å². The average molecular weight is 463 g/mol. The van der Waals surface area contributed by atoms with Crippen molar-refractivity contribution >= 4 is 49.2 Å². The van der Waals surface area contributed by atoms with E-state index < -0.39 is 32.6 Å². The Morgan fingerprint density at radius 1 is 1.38 bits per heavy atom. The number of sulfonamides is 1. The van der Waals surface area contributed by atoms with Gasteiger partial charge in [-0.3, -0.25) is 10.2 Å². The third kappa shape index (κ3) is 3.85. The average Bonchev–Trinajstić information content (AvgIpc) is 3.16. The molecule has 0 saturated carbocycles. The maximum atomic E-state index is 12.3. The summed E-state index contributed by atoms with van der Waals surface area (Å²) in [5.41, 5.74) is 3.28. The summed E-state index contributed by atoms with van der Waals surface area (Å²) in [7, 11) is -4.20. The zero-order valence-corrected chi connectivity index (χ0v) is 16.8. The molecule has 0 radical (unpaired) electrons. The number of furan rings is 1. The molecular formula is C15H15BrN2O6S2. The minimum Gasteiger partial charge on any atom is -0.475 e. The molecule has 1 amide bonds.